The Balaban J connectivity index is 2.96. The molecule has 0 aliphatic carbocycles. The molecule has 0 spiro atoms. The van der Waals surface area contributed by atoms with Crippen LogP contribution in [0.2, 0.25) is 0 Å². The van der Waals surface area contributed by atoms with Crippen LogP contribution in [0, 0.1) is 5.92 Å². The zero-order chi connectivity index (χ0) is 9.84. The topological polar surface area (TPSA) is 41.0 Å². The summed E-state index contributed by atoms with van der Waals surface area (Å²) in [5.41, 5.74) is 3.04. The van der Waals surface area contributed by atoms with Gasteiger partial charge in [0.05, 0.1) is 11.9 Å². The number of aliphatic imine (C=N–C) groups is 1. The summed E-state index contributed by atoms with van der Waals surface area (Å²) in [6.45, 7) is 9.88. The third-order valence-electron chi connectivity index (χ3n) is 2.10. The van der Waals surface area contributed by atoms with E-state index in [0.29, 0.717) is 5.92 Å². The van der Waals surface area contributed by atoms with Crippen LogP contribution in [0.5, 0.6) is 0 Å². The maximum absolute atomic E-state index is 3.90. The van der Waals surface area contributed by atoms with Gasteiger partial charge in [0.2, 0.25) is 0 Å². The fourth-order valence-electron chi connectivity index (χ4n) is 0.916. The Labute approximate surface area is 78.6 Å². The second-order valence-corrected chi connectivity index (χ2v) is 3.37. The van der Waals surface area contributed by atoms with Crippen LogP contribution in [0.1, 0.15) is 26.5 Å². The Bertz CT molecular complexity index is 321. The third-order valence-corrected chi connectivity index (χ3v) is 2.10. The highest BCUT2D eigenvalue weighted by Crippen LogP contribution is 2.20. The van der Waals surface area contributed by atoms with E-state index in [1.807, 2.05) is 0 Å². The molecule has 0 unspecified atom stereocenters. The summed E-state index contributed by atoms with van der Waals surface area (Å²) < 4.78 is 0. The highest BCUT2D eigenvalue weighted by molar-refractivity contribution is 5.63. The van der Waals surface area contributed by atoms with Gasteiger partial charge in [-0.05, 0) is 25.6 Å². The van der Waals surface area contributed by atoms with Gasteiger partial charge in [0.1, 0.15) is 5.69 Å². The van der Waals surface area contributed by atoms with Gasteiger partial charge >= 0.3 is 0 Å². The fraction of sp³-hybridized carbons (Fsp3) is 0.400. The molecular weight excluding hydrogens is 162 g/mol. The van der Waals surface area contributed by atoms with Crippen molar-refractivity contribution in [3.8, 4) is 0 Å². The number of H-pyrrole nitrogens is 1. The Kier molecular flexibility index (Phi) is 3.01. The van der Waals surface area contributed by atoms with Crippen molar-refractivity contribution in [1.82, 2.24) is 10.2 Å². The van der Waals surface area contributed by atoms with Gasteiger partial charge < -0.3 is 0 Å². The first-order chi connectivity index (χ1) is 6.15. The first kappa shape index (κ1) is 9.71. The predicted octanol–water partition coefficient (Wildman–Crippen LogP) is 2.80. The van der Waals surface area contributed by atoms with E-state index in [0.717, 1.165) is 11.4 Å². The van der Waals surface area contributed by atoms with Crippen molar-refractivity contribution in [1.29, 1.82) is 0 Å². The summed E-state index contributed by atoms with van der Waals surface area (Å²) in [5, 5.41) is 6.78. The summed E-state index contributed by atoms with van der Waals surface area (Å²) in [6.07, 6.45) is 3.73. The maximum Gasteiger partial charge on any atom is 0.107 e. The second kappa shape index (κ2) is 4.03. The molecular formula is C10H15N3. The van der Waals surface area contributed by atoms with Crippen molar-refractivity contribution in [2.75, 3.05) is 0 Å². The molecule has 13 heavy (non-hydrogen) atoms. The lowest BCUT2D eigenvalue weighted by Crippen LogP contribution is -1.88. The van der Waals surface area contributed by atoms with Crippen LogP contribution in [0.3, 0.4) is 0 Å². The number of hydrogen-bond donors (Lipinski definition) is 1. The third kappa shape index (κ3) is 2.28. The van der Waals surface area contributed by atoms with Gasteiger partial charge in [-0.2, -0.15) is 5.10 Å². The molecule has 0 saturated carbocycles. The zero-order valence-corrected chi connectivity index (χ0v) is 8.33. The van der Waals surface area contributed by atoms with Crippen LogP contribution in [-0.2, 0) is 0 Å². The number of aromatic nitrogens is 2. The lowest BCUT2D eigenvalue weighted by atomic mass is 10.0. The van der Waals surface area contributed by atoms with Crippen molar-refractivity contribution < 1.29 is 0 Å². The molecule has 0 amide bonds. The average Bonchev–Trinajstić information content (AvgIpc) is 2.51. The van der Waals surface area contributed by atoms with Gasteiger partial charge in [-0.1, -0.05) is 19.4 Å². The van der Waals surface area contributed by atoms with Gasteiger partial charge in [0.25, 0.3) is 0 Å². The Morgan fingerprint density at radius 2 is 2.38 bits per heavy atom. The lowest BCUT2D eigenvalue weighted by Gasteiger charge is -2.03. The van der Waals surface area contributed by atoms with E-state index in [4.69, 9.17) is 0 Å². The quantitative estimate of drug-likeness (QED) is 0.708. The summed E-state index contributed by atoms with van der Waals surface area (Å²) in [6, 6.07) is 0. The zero-order valence-electron chi connectivity index (χ0n) is 8.33. The molecule has 0 aliphatic heterocycles. The molecule has 1 aromatic rings. The number of allylic oxidation sites excluding steroid dienone is 1. The predicted molar refractivity (Wildman–Crippen MR) is 56.3 cm³/mol. The second-order valence-electron chi connectivity index (χ2n) is 3.37. The van der Waals surface area contributed by atoms with Crippen LogP contribution in [0.15, 0.2) is 16.8 Å². The monoisotopic (exact) mass is 177 g/mol. The van der Waals surface area contributed by atoms with Gasteiger partial charge in [-0.3, -0.25) is 10.1 Å². The van der Waals surface area contributed by atoms with Crippen LogP contribution >= 0.6 is 0 Å². The van der Waals surface area contributed by atoms with Crippen LogP contribution in [0.4, 0.5) is 5.69 Å². The van der Waals surface area contributed by atoms with E-state index in [2.05, 4.69) is 48.8 Å². The molecule has 3 nitrogen and oxygen atoms in total. The van der Waals surface area contributed by atoms with E-state index >= 15 is 0 Å². The standard InChI is InChI=1S/C10H15N3/c1-7(2)8(3)5-9-10(11-4)6-12-13-9/h5-7H,4H2,1-3H3,(H,12,13)/b8-5+. The Hall–Kier alpha value is -1.38. The first-order valence-corrected chi connectivity index (χ1v) is 4.33. The van der Waals surface area contributed by atoms with Gasteiger partial charge in [-0.25, -0.2) is 0 Å². The number of rotatable bonds is 3. The largest absolute Gasteiger partial charge is 0.276 e. The lowest BCUT2D eigenvalue weighted by molar-refractivity contribution is 0.775. The number of nitrogens with one attached hydrogen (secondary N) is 1. The smallest absolute Gasteiger partial charge is 0.107 e. The van der Waals surface area contributed by atoms with E-state index in [1.54, 1.807) is 6.20 Å². The van der Waals surface area contributed by atoms with Crippen molar-refractivity contribution in [3.63, 3.8) is 0 Å². The minimum absolute atomic E-state index is 0.543. The van der Waals surface area contributed by atoms with Crippen LogP contribution < -0.4 is 0 Å². The van der Waals surface area contributed by atoms with E-state index < -0.39 is 0 Å². The minimum Gasteiger partial charge on any atom is -0.276 e. The summed E-state index contributed by atoms with van der Waals surface area (Å²) in [7, 11) is 0. The molecule has 0 bridgehead atoms. The number of hydrogen-bond acceptors (Lipinski definition) is 2. The maximum atomic E-state index is 3.90. The van der Waals surface area contributed by atoms with Gasteiger partial charge in [0, 0.05) is 0 Å². The molecule has 0 aromatic carbocycles. The van der Waals surface area contributed by atoms with E-state index in [-0.39, 0.29) is 0 Å². The van der Waals surface area contributed by atoms with Crippen molar-refractivity contribution in [2.24, 2.45) is 10.9 Å². The molecule has 0 aliphatic rings. The van der Waals surface area contributed by atoms with E-state index in [9.17, 15) is 0 Å². The molecule has 1 rings (SSSR count). The number of aromatic amines is 1. The molecule has 70 valence electrons. The molecule has 1 aromatic heterocycles. The molecule has 1 N–H and O–H groups in total. The molecule has 1 heterocycles. The van der Waals surface area contributed by atoms with Gasteiger partial charge in [-0.15, -0.1) is 0 Å². The highest BCUT2D eigenvalue weighted by Gasteiger charge is 2.01. The normalized spacial score (nSPS) is 12.2. The Morgan fingerprint density at radius 1 is 1.69 bits per heavy atom. The molecule has 0 saturated heterocycles. The van der Waals surface area contributed by atoms with Crippen molar-refractivity contribution in [2.45, 2.75) is 20.8 Å². The van der Waals surface area contributed by atoms with Gasteiger partial charge in [0.15, 0.2) is 0 Å². The SMILES string of the molecule is C=Nc1cn[nH]c1/C=C(\C)C(C)C. The summed E-state index contributed by atoms with van der Waals surface area (Å²) in [4.78, 5) is 3.85. The molecule has 3 heteroatoms. The van der Waals surface area contributed by atoms with Crippen LogP contribution in [0.25, 0.3) is 6.08 Å². The number of nitrogens with zero attached hydrogens (tertiary/aromatic N) is 2. The van der Waals surface area contributed by atoms with Crippen molar-refractivity contribution >= 4 is 18.5 Å². The first-order valence-electron chi connectivity index (χ1n) is 4.33. The van der Waals surface area contributed by atoms with E-state index in [1.165, 1.54) is 5.57 Å². The summed E-state index contributed by atoms with van der Waals surface area (Å²) >= 11 is 0. The average molecular weight is 177 g/mol. The minimum atomic E-state index is 0.543. The Morgan fingerprint density at radius 3 is 2.92 bits per heavy atom. The highest BCUT2D eigenvalue weighted by atomic mass is 15.1. The molecule has 0 radical (unpaired) electrons. The molecule has 0 atom stereocenters. The fourth-order valence-corrected chi connectivity index (χ4v) is 0.916. The van der Waals surface area contributed by atoms with Crippen molar-refractivity contribution in [3.05, 3.63) is 17.5 Å². The van der Waals surface area contributed by atoms with Crippen LogP contribution in [-0.4, -0.2) is 16.9 Å². The molecule has 0 fully saturated rings. The summed E-state index contributed by atoms with van der Waals surface area (Å²) in [5.74, 6) is 0.543.